The van der Waals surface area contributed by atoms with E-state index in [-0.39, 0.29) is 5.91 Å². The van der Waals surface area contributed by atoms with Gasteiger partial charge in [0.15, 0.2) is 0 Å². The number of hydrogen-bond acceptors (Lipinski definition) is 2. The minimum atomic E-state index is -0.144. The summed E-state index contributed by atoms with van der Waals surface area (Å²) < 4.78 is 0. The summed E-state index contributed by atoms with van der Waals surface area (Å²) in [5.74, 6) is -0.144. The van der Waals surface area contributed by atoms with Crippen LogP contribution in [-0.2, 0) is 6.42 Å². The smallest absolute Gasteiger partial charge is 0.252 e. The number of amides is 1. The Morgan fingerprint density at radius 3 is 2.60 bits per heavy atom. The fraction of sp³-hybridized carbons (Fsp3) is 0.188. The number of rotatable bonds is 4. The Morgan fingerprint density at radius 1 is 1.20 bits per heavy atom. The van der Waals surface area contributed by atoms with Crippen molar-refractivity contribution in [2.75, 3.05) is 12.3 Å². The van der Waals surface area contributed by atoms with Gasteiger partial charge < -0.3 is 11.1 Å². The van der Waals surface area contributed by atoms with E-state index in [1.807, 2.05) is 43.3 Å². The molecule has 0 heterocycles. The van der Waals surface area contributed by atoms with E-state index >= 15 is 0 Å². The van der Waals surface area contributed by atoms with Crippen LogP contribution in [-0.4, -0.2) is 12.5 Å². The van der Waals surface area contributed by atoms with Crippen LogP contribution in [0.4, 0.5) is 5.69 Å². The van der Waals surface area contributed by atoms with Gasteiger partial charge in [0.25, 0.3) is 5.91 Å². The Kier molecular flexibility index (Phi) is 4.64. The fourth-order valence-corrected chi connectivity index (χ4v) is 2.13. The number of carbonyl (C=O) groups excluding carboxylic acids is 1. The summed E-state index contributed by atoms with van der Waals surface area (Å²) in [5.41, 5.74) is 8.92. The quantitative estimate of drug-likeness (QED) is 0.849. The minimum absolute atomic E-state index is 0.144. The molecule has 0 aliphatic heterocycles. The highest BCUT2D eigenvalue weighted by atomic mass is 35.5. The van der Waals surface area contributed by atoms with Crippen LogP contribution in [0.25, 0.3) is 0 Å². The maximum absolute atomic E-state index is 12.0. The van der Waals surface area contributed by atoms with Crippen molar-refractivity contribution in [3.63, 3.8) is 0 Å². The molecule has 2 aromatic rings. The van der Waals surface area contributed by atoms with Gasteiger partial charge in [0.1, 0.15) is 0 Å². The number of anilines is 1. The zero-order valence-electron chi connectivity index (χ0n) is 11.3. The van der Waals surface area contributed by atoms with Crippen LogP contribution in [0.5, 0.6) is 0 Å². The molecule has 0 aromatic heterocycles. The second-order valence-corrected chi connectivity index (χ2v) is 5.06. The molecule has 0 saturated carbocycles. The molecule has 2 aromatic carbocycles. The second kappa shape index (κ2) is 6.44. The van der Waals surface area contributed by atoms with Crippen LogP contribution >= 0.6 is 11.6 Å². The lowest BCUT2D eigenvalue weighted by Gasteiger charge is -2.08. The summed E-state index contributed by atoms with van der Waals surface area (Å²) in [6.45, 7) is 2.44. The largest absolute Gasteiger partial charge is 0.399 e. The van der Waals surface area contributed by atoms with Crippen molar-refractivity contribution in [2.24, 2.45) is 0 Å². The summed E-state index contributed by atoms with van der Waals surface area (Å²) in [6.07, 6.45) is 0.759. The first-order chi connectivity index (χ1) is 9.58. The summed E-state index contributed by atoms with van der Waals surface area (Å²) in [4.78, 5) is 12.0. The second-order valence-electron chi connectivity index (χ2n) is 4.68. The first-order valence-electron chi connectivity index (χ1n) is 6.45. The molecule has 0 saturated heterocycles. The normalized spacial score (nSPS) is 10.3. The van der Waals surface area contributed by atoms with Crippen LogP contribution < -0.4 is 11.1 Å². The van der Waals surface area contributed by atoms with Crippen molar-refractivity contribution in [3.8, 4) is 0 Å². The van der Waals surface area contributed by atoms with Gasteiger partial charge in [-0.3, -0.25) is 4.79 Å². The maximum atomic E-state index is 12.0. The Bertz CT molecular complexity index is 608. The van der Waals surface area contributed by atoms with Gasteiger partial charge in [-0.1, -0.05) is 35.9 Å². The van der Waals surface area contributed by atoms with Gasteiger partial charge in [0.05, 0.1) is 10.6 Å². The van der Waals surface area contributed by atoms with Crippen LogP contribution in [0.15, 0.2) is 42.5 Å². The monoisotopic (exact) mass is 288 g/mol. The molecule has 20 heavy (non-hydrogen) atoms. The number of halogens is 1. The molecular weight excluding hydrogens is 272 g/mol. The van der Waals surface area contributed by atoms with Gasteiger partial charge in [-0.25, -0.2) is 0 Å². The molecule has 104 valence electrons. The maximum Gasteiger partial charge on any atom is 0.252 e. The van der Waals surface area contributed by atoms with Crippen LogP contribution in [0, 0.1) is 6.92 Å². The standard InChI is InChI=1S/C16H17ClN2O/c1-11-3-2-4-14(15(11)17)16(20)19-10-9-12-5-7-13(18)8-6-12/h2-8H,9-10,18H2,1H3,(H,19,20). The molecule has 0 aliphatic rings. The van der Waals surface area contributed by atoms with E-state index in [1.165, 1.54) is 0 Å². The summed E-state index contributed by atoms with van der Waals surface area (Å²) in [5, 5.41) is 3.39. The summed E-state index contributed by atoms with van der Waals surface area (Å²) in [7, 11) is 0. The molecule has 0 atom stereocenters. The van der Waals surface area contributed by atoms with E-state index in [1.54, 1.807) is 6.07 Å². The fourth-order valence-electron chi connectivity index (χ4n) is 1.92. The Balaban J connectivity index is 1.92. The molecule has 3 nitrogen and oxygen atoms in total. The van der Waals surface area contributed by atoms with E-state index in [0.29, 0.717) is 17.1 Å². The van der Waals surface area contributed by atoms with Gasteiger partial charge >= 0.3 is 0 Å². The van der Waals surface area contributed by atoms with E-state index in [4.69, 9.17) is 17.3 Å². The highest BCUT2D eigenvalue weighted by Crippen LogP contribution is 2.19. The predicted molar refractivity (Wildman–Crippen MR) is 83.1 cm³/mol. The molecule has 0 fully saturated rings. The topological polar surface area (TPSA) is 55.1 Å². The van der Waals surface area contributed by atoms with Gasteiger partial charge in [0.2, 0.25) is 0 Å². The lowest BCUT2D eigenvalue weighted by atomic mass is 10.1. The van der Waals surface area contributed by atoms with Crippen molar-refractivity contribution < 1.29 is 4.79 Å². The number of nitrogen functional groups attached to an aromatic ring is 1. The first kappa shape index (κ1) is 14.4. The number of carbonyl (C=O) groups is 1. The third-order valence-electron chi connectivity index (χ3n) is 3.12. The van der Waals surface area contributed by atoms with E-state index < -0.39 is 0 Å². The molecular formula is C16H17ClN2O. The molecule has 3 N–H and O–H groups in total. The first-order valence-corrected chi connectivity index (χ1v) is 6.83. The average molecular weight is 289 g/mol. The van der Waals surface area contributed by atoms with E-state index in [9.17, 15) is 4.79 Å². The molecule has 0 aliphatic carbocycles. The number of nitrogens with two attached hydrogens (primary N) is 1. The average Bonchev–Trinajstić information content (AvgIpc) is 2.44. The highest BCUT2D eigenvalue weighted by molar-refractivity contribution is 6.34. The number of benzene rings is 2. The highest BCUT2D eigenvalue weighted by Gasteiger charge is 2.10. The van der Waals surface area contributed by atoms with Gasteiger partial charge in [-0.15, -0.1) is 0 Å². The van der Waals surface area contributed by atoms with Gasteiger partial charge in [-0.05, 0) is 42.7 Å². The van der Waals surface area contributed by atoms with E-state index in [2.05, 4.69) is 5.32 Å². The lowest BCUT2D eigenvalue weighted by Crippen LogP contribution is -2.26. The van der Waals surface area contributed by atoms with Crippen LogP contribution in [0.1, 0.15) is 21.5 Å². The van der Waals surface area contributed by atoms with Crippen molar-refractivity contribution in [1.82, 2.24) is 5.32 Å². The SMILES string of the molecule is Cc1cccc(C(=O)NCCc2ccc(N)cc2)c1Cl. The molecule has 0 bridgehead atoms. The lowest BCUT2D eigenvalue weighted by molar-refractivity contribution is 0.0954. The van der Waals surface area contributed by atoms with Gasteiger partial charge in [0, 0.05) is 12.2 Å². The number of aryl methyl sites for hydroxylation is 1. The molecule has 0 unspecified atom stereocenters. The third-order valence-corrected chi connectivity index (χ3v) is 3.62. The van der Waals surface area contributed by atoms with E-state index in [0.717, 1.165) is 23.2 Å². The molecule has 1 amide bonds. The third kappa shape index (κ3) is 3.52. The molecule has 0 spiro atoms. The Morgan fingerprint density at radius 2 is 1.90 bits per heavy atom. The molecule has 4 heteroatoms. The van der Waals surface area contributed by atoms with Crippen LogP contribution in [0.3, 0.4) is 0 Å². The number of nitrogens with one attached hydrogen (secondary N) is 1. The van der Waals surface area contributed by atoms with Crippen molar-refractivity contribution in [1.29, 1.82) is 0 Å². The minimum Gasteiger partial charge on any atom is -0.399 e. The zero-order valence-corrected chi connectivity index (χ0v) is 12.1. The molecule has 2 rings (SSSR count). The van der Waals surface area contributed by atoms with Crippen molar-refractivity contribution >= 4 is 23.2 Å². The summed E-state index contributed by atoms with van der Waals surface area (Å²) in [6, 6.07) is 13.1. The van der Waals surface area contributed by atoms with Crippen molar-refractivity contribution in [2.45, 2.75) is 13.3 Å². The van der Waals surface area contributed by atoms with Gasteiger partial charge in [-0.2, -0.15) is 0 Å². The molecule has 0 radical (unpaired) electrons. The van der Waals surface area contributed by atoms with Crippen LogP contribution in [0.2, 0.25) is 5.02 Å². The predicted octanol–water partition coefficient (Wildman–Crippen LogP) is 3.20. The Hall–Kier alpha value is -2.00. The van der Waals surface area contributed by atoms with Crippen molar-refractivity contribution in [3.05, 3.63) is 64.2 Å². The Labute approximate surface area is 123 Å². The summed E-state index contributed by atoms with van der Waals surface area (Å²) >= 11 is 6.13. The number of hydrogen-bond donors (Lipinski definition) is 2. The zero-order chi connectivity index (χ0) is 14.5.